The van der Waals surface area contributed by atoms with Crippen LogP contribution in [0.1, 0.15) is 28.4 Å². The van der Waals surface area contributed by atoms with Gasteiger partial charge in [0.05, 0.1) is 16.2 Å². The summed E-state index contributed by atoms with van der Waals surface area (Å²) in [6.07, 6.45) is -2.25. The molecule has 2 amide bonds. The fraction of sp³-hybridized carbons (Fsp3) is 0.208. The van der Waals surface area contributed by atoms with E-state index in [1.807, 2.05) is 0 Å². The zero-order valence-electron chi connectivity index (χ0n) is 19.4. The van der Waals surface area contributed by atoms with Crippen molar-refractivity contribution in [3.05, 3.63) is 87.2 Å². The van der Waals surface area contributed by atoms with Crippen LogP contribution < -0.4 is 5.32 Å². The number of rotatable bonds is 8. The first-order valence-electron chi connectivity index (χ1n) is 11.1. The Morgan fingerprint density at radius 1 is 1.00 bits per heavy atom. The van der Waals surface area contributed by atoms with Crippen LogP contribution in [-0.2, 0) is 19.6 Å². The van der Waals surface area contributed by atoms with E-state index >= 15 is 0 Å². The molecule has 200 valence electrons. The highest BCUT2D eigenvalue weighted by Gasteiger charge is 2.47. The minimum absolute atomic E-state index is 0.0305. The molecule has 0 spiro atoms. The number of nitrogens with one attached hydrogen (secondary N) is 1. The Morgan fingerprint density at radius 3 is 2.16 bits per heavy atom. The molecule has 1 fully saturated rings. The number of amides is 2. The molecule has 9 nitrogen and oxygen atoms in total. The fourth-order valence-electron chi connectivity index (χ4n) is 4.02. The van der Waals surface area contributed by atoms with E-state index in [-0.39, 0.29) is 28.4 Å². The number of thiophene rings is 1. The molecule has 4 rings (SSSR count). The summed E-state index contributed by atoms with van der Waals surface area (Å²) in [5, 5.41) is 11.9. The fourth-order valence-corrected chi connectivity index (χ4v) is 7.71. The Bertz CT molecular complexity index is 1470. The summed E-state index contributed by atoms with van der Waals surface area (Å²) in [6.45, 7) is -0.372. The maximum atomic E-state index is 13.6. The number of carbonyl (C=O) groups excluding carboxylic acids is 2. The number of hydrogen-bond acceptors (Lipinski definition) is 6. The van der Waals surface area contributed by atoms with Gasteiger partial charge in [0.15, 0.2) is 6.17 Å². The van der Waals surface area contributed by atoms with Gasteiger partial charge in [-0.15, -0.1) is 11.3 Å². The van der Waals surface area contributed by atoms with Crippen molar-refractivity contribution in [3.63, 3.8) is 0 Å². The average Bonchev–Trinajstić information content (AvgIpc) is 3.51. The van der Waals surface area contributed by atoms with Crippen molar-refractivity contribution < 1.29 is 36.7 Å². The highest BCUT2D eigenvalue weighted by Crippen LogP contribution is 2.32. The molecular formula is C24H20BrF2N3O6S2. The average molecular weight is 628 g/mol. The topological polar surface area (TPSA) is 124 Å². The Hall–Kier alpha value is -3.20. The second-order valence-electron chi connectivity index (χ2n) is 8.26. The molecule has 2 N–H and O–H groups in total. The largest absolute Gasteiger partial charge is 0.481 e. The number of hydrogen-bond donors (Lipinski definition) is 2. The number of carboxylic acids is 1. The highest BCUT2D eigenvalue weighted by atomic mass is 79.9. The van der Waals surface area contributed by atoms with Crippen molar-refractivity contribution >= 4 is 55.1 Å². The normalized spacial score (nSPS) is 16.8. The molecular weight excluding hydrogens is 608 g/mol. The lowest BCUT2D eigenvalue weighted by atomic mass is 10.0. The monoisotopic (exact) mass is 627 g/mol. The molecule has 1 aromatic heterocycles. The van der Waals surface area contributed by atoms with Crippen LogP contribution in [0.3, 0.4) is 0 Å². The van der Waals surface area contributed by atoms with Gasteiger partial charge < -0.3 is 15.3 Å². The Kier molecular flexibility index (Phi) is 8.25. The predicted molar refractivity (Wildman–Crippen MR) is 137 cm³/mol. The predicted octanol–water partition coefficient (Wildman–Crippen LogP) is 3.59. The van der Waals surface area contributed by atoms with Gasteiger partial charge in [-0.2, -0.15) is 4.31 Å². The van der Waals surface area contributed by atoms with E-state index in [0.29, 0.717) is 3.79 Å². The summed E-state index contributed by atoms with van der Waals surface area (Å²) < 4.78 is 55.2. The van der Waals surface area contributed by atoms with E-state index in [9.17, 15) is 36.7 Å². The summed E-state index contributed by atoms with van der Waals surface area (Å²) in [7, 11) is -4.26. The van der Waals surface area contributed by atoms with Gasteiger partial charge in [-0.1, -0.05) is 12.1 Å². The Labute approximate surface area is 228 Å². The van der Waals surface area contributed by atoms with E-state index in [0.717, 1.165) is 44.8 Å². The molecule has 1 saturated heterocycles. The van der Waals surface area contributed by atoms with Crippen LogP contribution in [0.15, 0.2) is 68.7 Å². The standard InChI is InChI=1S/C24H20BrF2N3O6S2/c25-19-9-10-21(37-19)38(35,36)30-12-11-29(24(34)15-3-7-17(27)8-4-15)23(30)22(33)28-18(13-20(31)32)14-1-5-16(26)6-2-14/h1-10,18,23H,11-13H2,(H,28,33)(H,31,32). The molecule has 0 bridgehead atoms. The maximum absolute atomic E-state index is 13.6. The molecule has 2 heterocycles. The molecule has 2 aromatic carbocycles. The number of carboxylic acid groups (broad SMARTS) is 1. The number of carbonyl (C=O) groups is 3. The lowest BCUT2D eigenvalue weighted by Crippen LogP contribution is -2.54. The van der Waals surface area contributed by atoms with Gasteiger partial charge in [0, 0.05) is 18.7 Å². The second-order valence-corrected chi connectivity index (χ2v) is 12.8. The van der Waals surface area contributed by atoms with Crippen molar-refractivity contribution in [2.45, 2.75) is 22.8 Å². The van der Waals surface area contributed by atoms with Crippen molar-refractivity contribution in [1.29, 1.82) is 0 Å². The van der Waals surface area contributed by atoms with E-state index in [1.54, 1.807) is 0 Å². The SMILES string of the molecule is O=C(O)CC(NC(=O)C1N(C(=O)c2ccc(F)cc2)CCN1S(=O)(=O)c1ccc(Br)s1)c1ccc(F)cc1. The summed E-state index contributed by atoms with van der Waals surface area (Å²) in [4.78, 5) is 39.5. The molecule has 1 aliphatic heterocycles. The van der Waals surface area contributed by atoms with Crippen LogP contribution >= 0.6 is 27.3 Å². The van der Waals surface area contributed by atoms with Crippen molar-refractivity contribution in [2.75, 3.05) is 13.1 Å². The summed E-state index contributed by atoms with van der Waals surface area (Å²) in [6, 6.07) is 11.1. The Morgan fingerprint density at radius 2 is 1.61 bits per heavy atom. The third-order valence-corrected chi connectivity index (χ3v) is 9.74. The molecule has 3 aromatic rings. The zero-order chi connectivity index (χ0) is 27.6. The third kappa shape index (κ3) is 5.93. The quantitative estimate of drug-likeness (QED) is 0.393. The van der Waals surface area contributed by atoms with Gasteiger partial charge in [0.1, 0.15) is 15.8 Å². The van der Waals surface area contributed by atoms with E-state index in [2.05, 4.69) is 21.2 Å². The van der Waals surface area contributed by atoms with Crippen LogP contribution in [0.4, 0.5) is 8.78 Å². The van der Waals surface area contributed by atoms with E-state index in [1.165, 1.54) is 36.4 Å². The van der Waals surface area contributed by atoms with Crippen molar-refractivity contribution in [3.8, 4) is 0 Å². The lowest BCUT2D eigenvalue weighted by molar-refractivity contribution is -0.138. The van der Waals surface area contributed by atoms with E-state index in [4.69, 9.17) is 0 Å². The first kappa shape index (κ1) is 27.8. The van der Waals surface area contributed by atoms with Gasteiger partial charge in [0.25, 0.3) is 21.8 Å². The van der Waals surface area contributed by atoms with Crippen LogP contribution in [0.25, 0.3) is 0 Å². The molecule has 0 aliphatic carbocycles. The Balaban J connectivity index is 1.71. The van der Waals surface area contributed by atoms with Gasteiger partial charge in [0.2, 0.25) is 0 Å². The minimum Gasteiger partial charge on any atom is -0.481 e. The third-order valence-electron chi connectivity index (χ3n) is 5.79. The van der Waals surface area contributed by atoms with Gasteiger partial charge in [-0.25, -0.2) is 17.2 Å². The van der Waals surface area contributed by atoms with Crippen LogP contribution in [0.2, 0.25) is 0 Å². The van der Waals surface area contributed by atoms with Crippen LogP contribution in [0, 0.1) is 11.6 Å². The summed E-state index contributed by atoms with van der Waals surface area (Å²) >= 11 is 4.13. The summed E-state index contributed by atoms with van der Waals surface area (Å²) in [5.74, 6) is -4.08. The minimum atomic E-state index is -4.26. The number of benzene rings is 2. The number of halogens is 3. The first-order chi connectivity index (χ1) is 18.0. The van der Waals surface area contributed by atoms with Crippen molar-refractivity contribution in [2.24, 2.45) is 0 Å². The molecule has 2 atom stereocenters. The molecule has 0 saturated carbocycles. The van der Waals surface area contributed by atoms with Crippen LogP contribution in [0.5, 0.6) is 0 Å². The summed E-state index contributed by atoms with van der Waals surface area (Å²) in [5.41, 5.74) is 0.302. The molecule has 2 unspecified atom stereocenters. The van der Waals surface area contributed by atoms with Gasteiger partial charge in [-0.3, -0.25) is 14.4 Å². The highest BCUT2D eigenvalue weighted by molar-refractivity contribution is 9.11. The number of sulfonamides is 1. The van der Waals surface area contributed by atoms with Crippen molar-refractivity contribution in [1.82, 2.24) is 14.5 Å². The number of aliphatic carboxylic acids is 1. The lowest BCUT2D eigenvalue weighted by Gasteiger charge is -2.30. The molecule has 38 heavy (non-hydrogen) atoms. The first-order valence-corrected chi connectivity index (χ1v) is 14.1. The van der Waals surface area contributed by atoms with E-state index < -0.39 is 58.1 Å². The van der Waals surface area contributed by atoms with Gasteiger partial charge in [-0.05, 0) is 70.0 Å². The smallest absolute Gasteiger partial charge is 0.305 e. The second kappa shape index (κ2) is 11.3. The molecule has 1 aliphatic rings. The zero-order valence-corrected chi connectivity index (χ0v) is 22.6. The number of nitrogens with zero attached hydrogens (tertiary/aromatic N) is 2. The molecule has 0 radical (unpaired) electrons. The van der Waals surface area contributed by atoms with Crippen LogP contribution in [-0.4, -0.2) is 59.8 Å². The molecule has 14 heteroatoms. The van der Waals surface area contributed by atoms with Gasteiger partial charge >= 0.3 is 5.97 Å². The maximum Gasteiger partial charge on any atom is 0.305 e.